The molecule has 16 heavy (non-hydrogen) atoms. The first-order chi connectivity index (χ1) is 7.75. The van der Waals surface area contributed by atoms with E-state index in [0.717, 1.165) is 0 Å². The molecule has 0 fully saturated rings. The number of anilines is 1. The van der Waals surface area contributed by atoms with Crippen molar-refractivity contribution in [2.24, 2.45) is 0 Å². The van der Waals surface area contributed by atoms with E-state index in [1.807, 2.05) is 0 Å². The Morgan fingerprint density at radius 1 is 1.06 bits per heavy atom. The summed E-state index contributed by atoms with van der Waals surface area (Å²) in [5, 5.41) is 11.8. The van der Waals surface area contributed by atoms with Crippen LogP contribution in [0, 0.1) is 0 Å². The normalized spacial score (nSPS) is 9.75. The number of hydrogen-bond donors (Lipinski definition) is 2. The lowest BCUT2D eigenvalue weighted by Gasteiger charge is -2.04. The van der Waals surface area contributed by atoms with Crippen LogP contribution in [-0.4, -0.2) is 16.0 Å². The van der Waals surface area contributed by atoms with Gasteiger partial charge in [-0.2, -0.15) is 0 Å². The largest absolute Gasteiger partial charge is 0.508 e. The van der Waals surface area contributed by atoms with Gasteiger partial charge in [0.1, 0.15) is 5.75 Å². The summed E-state index contributed by atoms with van der Waals surface area (Å²) in [5.74, 6) is -0.0772. The van der Waals surface area contributed by atoms with Gasteiger partial charge in [0.05, 0.1) is 0 Å². The second-order valence-electron chi connectivity index (χ2n) is 3.24. The number of phenols is 1. The van der Waals surface area contributed by atoms with Gasteiger partial charge in [0.2, 0.25) is 0 Å². The van der Waals surface area contributed by atoms with E-state index >= 15 is 0 Å². The van der Waals surface area contributed by atoms with E-state index in [9.17, 15) is 4.79 Å². The van der Waals surface area contributed by atoms with Crippen LogP contribution in [-0.2, 0) is 0 Å². The second-order valence-corrected chi connectivity index (χ2v) is 3.24. The summed E-state index contributed by atoms with van der Waals surface area (Å²) < 4.78 is 0. The fourth-order valence-electron chi connectivity index (χ4n) is 1.25. The molecule has 4 nitrogen and oxygen atoms in total. The molecule has 0 radical (unpaired) electrons. The van der Waals surface area contributed by atoms with E-state index in [-0.39, 0.29) is 11.7 Å². The summed E-state index contributed by atoms with van der Waals surface area (Å²) in [6.45, 7) is 0. The molecule has 0 spiro atoms. The zero-order chi connectivity index (χ0) is 11.4. The maximum Gasteiger partial charge on any atom is 0.255 e. The monoisotopic (exact) mass is 214 g/mol. The van der Waals surface area contributed by atoms with Crippen LogP contribution in [0.3, 0.4) is 0 Å². The van der Waals surface area contributed by atoms with Gasteiger partial charge in [0, 0.05) is 23.6 Å². The number of aromatic hydroxyl groups is 1. The molecular weight excluding hydrogens is 204 g/mol. The van der Waals surface area contributed by atoms with E-state index in [2.05, 4.69) is 10.3 Å². The van der Waals surface area contributed by atoms with Crippen LogP contribution in [0.25, 0.3) is 0 Å². The third-order valence-corrected chi connectivity index (χ3v) is 2.07. The van der Waals surface area contributed by atoms with Crippen LogP contribution in [0.2, 0.25) is 0 Å². The van der Waals surface area contributed by atoms with Gasteiger partial charge in [-0.05, 0) is 36.4 Å². The van der Waals surface area contributed by atoms with Crippen LogP contribution >= 0.6 is 0 Å². The third kappa shape index (κ3) is 2.36. The van der Waals surface area contributed by atoms with Crippen molar-refractivity contribution in [3.63, 3.8) is 0 Å². The minimum Gasteiger partial charge on any atom is -0.508 e. The van der Waals surface area contributed by atoms with E-state index in [0.29, 0.717) is 11.3 Å². The van der Waals surface area contributed by atoms with Crippen molar-refractivity contribution in [3.8, 4) is 5.75 Å². The molecule has 2 aromatic rings. The SMILES string of the molecule is O=C(Nc1ccncc1)c1ccc(O)cc1. The van der Waals surface area contributed by atoms with Crippen molar-refractivity contribution >= 4 is 11.6 Å². The molecule has 1 aromatic heterocycles. The molecule has 0 aliphatic rings. The topological polar surface area (TPSA) is 62.2 Å². The number of carbonyl (C=O) groups excluding carboxylic acids is 1. The van der Waals surface area contributed by atoms with Crippen LogP contribution in [0.1, 0.15) is 10.4 Å². The minimum atomic E-state index is -0.216. The lowest BCUT2D eigenvalue weighted by atomic mass is 10.2. The molecule has 0 unspecified atom stereocenters. The second kappa shape index (κ2) is 4.44. The molecule has 0 bridgehead atoms. The zero-order valence-corrected chi connectivity index (χ0v) is 8.42. The molecule has 80 valence electrons. The Hall–Kier alpha value is -2.36. The van der Waals surface area contributed by atoms with Crippen LogP contribution in [0.4, 0.5) is 5.69 Å². The summed E-state index contributed by atoms with van der Waals surface area (Å²) in [6, 6.07) is 9.48. The molecule has 0 aliphatic heterocycles. The molecule has 2 rings (SSSR count). The number of hydrogen-bond acceptors (Lipinski definition) is 3. The predicted molar refractivity (Wildman–Crippen MR) is 60.3 cm³/mol. The first kappa shape index (κ1) is 10.2. The quantitative estimate of drug-likeness (QED) is 0.804. The van der Waals surface area contributed by atoms with E-state index in [4.69, 9.17) is 5.11 Å². The Bertz CT molecular complexity index is 480. The van der Waals surface area contributed by atoms with Crippen LogP contribution in [0.15, 0.2) is 48.8 Å². The first-order valence-electron chi connectivity index (χ1n) is 4.76. The molecular formula is C12H10N2O2. The van der Waals surface area contributed by atoms with E-state index in [1.165, 1.54) is 12.1 Å². The van der Waals surface area contributed by atoms with Gasteiger partial charge in [0.15, 0.2) is 0 Å². The molecule has 1 aromatic carbocycles. The maximum atomic E-state index is 11.7. The molecule has 4 heteroatoms. The van der Waals surface area contributed by atoms with Gasteiger partial charge >= 0.3 is 0 Å². The Balaban J connectivity index is 2.12. The van der Waals surface area contributed by atoms with Gasteiger partial charge in [-0.25, -0.2) is 0 Å². The Kier molecular flexibility index (Phi) is 2.82. The average Bonchev–Trinajstić information content (AvgIpc) is 2.31. The third-order valence-electron chi connectivity index (χ3n) is 2.07. The lowest BCUT2D eigenvalue weighted by molar-refractivity contribution is 0.102. The van der Waals surface area contributed by atoms with Crippen LogP contribution in [0.5, 0.6) is 5.75 Å². The fourth-order valence-corrected chi connectivity index (χ4v) is 1.25. The molecule has 2 N–H and O–H groups in total. The van der Waals surface area contributed by atoms with Crippen molar-refractivity contribution < 1.29 is 9.90 Å². The highest BCUT2D eigenvalue weighted by atomic mass is 16.3. The van der Waals surface area contributed by atoms with Gasteiger partial charge < -0.3 is 10.4 Å². The molecule has 1 heterocycles. The van der Waals surface area contributed by atoms with Gasteiger partial charge in [-0.3, -0.25) is 9.78 Å². The number of benzene rings is 1. The number of carbonyl (C=O) groups is 1. The minimum absolute atomic E-state index is 0.139. The molecule has 1 amide bonds. The number of amides is 1. The average molecular weight is 214 g/mol. The standard InChI is InChI=1S/C12H10N2O2/c15-11-3-1-9(2-4-11)12(16)14-10-5-7-13-8-6-10/h1-8,15H,(H,13,14,16). The Labute approximate surface area is 92.6 Å². The Morgan fingerprint density at radius 2 is 1.69 bits per heavy atom. The van der Waals surface area contributed by atoms with E-state index < -0.39 is 0 Å². The zero-order valence-electron chi connectivity index (χ0n) is 8.42. The number of aromatic nitrogens is 1. The molecule has 0 saturated carbocycles. The lowest BCUT2D eigenvalue weighted by Crippen LogP contribution is -2.11. The first-order valence-corrected chi connectivity index (χ1v) is 4.76. The highest BCUT2D eigenvalue weighted by Gasteiger charge is 2.04. The predicted octanol–water partition coefficient (Wildman–Crippen LogP) is 2.04. The van der Waals surface area contributed by atoms with Crippen molar-refractivity contribution in [1.82, 2.24) is 4.98 Å². The number of phenolic OH excluding ortho intramolecular Hbond substituents is 1. The smallest absolute Gasteiger partial charge is 0.255 e. The Morgan fingerprint density at radius 3 is 2.31 bits per heavy atom. The molecule has 0 aliphatic carbocycles. The number of nitrogens with one attached hydrogen (secondary N) is 1. The van der Waals surface area contributed by atoms with Gasteiger partial charge in [-0.15, -0.1) is 0 Å². The van der Waals surface area contributed by atoms with Gasteiger partial charge in [-0.1, -0.05) is 0 Å². The highest BCUT2D eigenvalue weighted by Crippen LogP contribution is 2.11. The summed E-state index contributed by atoms with van der Waals surface area (Å²) >= 11 is 0. The highest BCUT2D eigenvalue weighted by molar-refractivity contribution is 6.04. The maximum absolute atomic E-state index is 11.7. The molecule has 0 atom stereocenters. The number of nitrogens with zero attached hydrogens (tertiary/aromatic N) is 1. The number of pyridine rings is 1. The molecule has 0 saturated heterocycles. The summed E-state index contributed by atoms with van der Waals surface area (Å²) in [7, 11) is 0. The summed E-state index contributed by atoms with van der Waals surface area (Å²) in [6.07, 6.45) is 3.21. The van der Waals surface area contributed by atoms with Crippen molar-refractivity contribution in [1.29, 1.82) is 0 Å². The van der Waals surface area contributed by atoms with Crippen LogP contribution < -0.4 is 5.32 Å². The van der Waals surface area contributed by atoms with Crippen molar-refractivity contribution in [2.75, 3.05) is 5.32 Å². The number of rotatable bonds is 2. The van der Waals surface area contributed by atoms with E-state index in [1.54, 1.807) is 36.7 Å². The fraction of sp³-hybridized carbons (Fsp3) is 0. The summed E-state index contributed by atoms with van der Waals surface area (Å²) in [5.41, 5.74) is 1.18. The van der Waals surface area contributed by atoms with Crippen molar-refractivity contribution in [2.45, 2.75) is 0 Å². The van der Waals surface area contributed by atoms with Gasteiger partial charge in [0.25, 0.3) is 5.91 Å². The van der Waals surface area contributed by atoms with Crippen molar-refractivity contribution in [3.05, 3.63) is 54.4 Å². The summed E-state index contributed by atoms with van der Waals surface area (Å²) in [4.78, 5) is 15.6.